The zero-order valence-corrected chi connectivity index (χ0v) is 13.4. The summed E-state index contributed by atoms with van der Waals surface area (Å²) in [4.78, 5) is 21.0. The van der Waals surface area contributed by atoms with Crippen molar-refractivity contribution in [1.82, 2.24) is 14.8 Å². The van der Waals surface area contributed by atoms with Crippen molar-refractivity contribution < 1.29 is 4.79 Å². The number of aromatic nitrogens is 1. The molecule has 0 radical (unpaired) electrons. The third-order valence-electron chi connectivity index (χ3n) is 4.38. The van der Waals surface area contributed by atoms with E-state index in [0.29, 0.717) is 16.6 Å². The van der Waals surface area contributed by atoms with Crippen LogP contribution in [0.5, 0.6) is 0 Å². The van der Waals surface area contributed by atoms with Gasteiger partial charge in [-0.25, -0.2) is 4.98 Å². The lowest BCUT2D eigenvalue weighted by molar-refractivity contribution is 0.0607. The molecule has 2 aliphatic rings. The second-order valence-corrected chi connectivity index (χ2v) is 6.55. The number of rotatable bonds is 2. The summed E-state index contributed by atoms with van der Waals surface area (Å²) in [7, 11) is 0. The molecule has 114 valence electrons. The molecule has 0 saturated carbocycles. The van der Waals surface area contributed by atoms with E-state index in [-0.39, 0.29) is 11.1 Å². The molecule has 0 bridgehead atoms. The van der Waals surface area contributed by atoms with Gasteiger partial charge in [0, 0.05) is 25.3 Å². The number of nitrogens with zero attached hydrogens (tertiary/aromatic N) is 3. The molecule has 1 unspecified atom stereocenters. The van der Waals surface area contributed by atoms with Crippen molar-refractivity contribution in [3.63, 3.8) is 0 Å². The molecule has 3 heterocycles. The summed E-state index contributed by atoms with van der Waals surface area (Å²) < 4.78 is 0. The lowest BCUT2D eigenvalue weighted by Gasteiger charge is -2.37. The quantitative estimate of drug-likeness (QED) is 0.783. The predicted molar refractivity (Wildman–Crippen MR) is 84.0 cm³/mol. The molecule has 0 aliphatic carbocycles. The predicted octanol–water partition coefficient (Wildman–Crippen LogP) is 3.09. The Kier molecular flexibility index (Phi) is 4.67. The highest BCUT2D eigenvalue weighted by Crippen LogP contribution is 2.24. The molecule has 6 heteroatoms. The normalized spacial score (nSPS) is 23.5. The Morgan fingerprint density at radius 1 is 1.19 bits per heavy atom. The molecule has 0 spiro atoms. The van der Waals surface area contributed by atoms with Crippen LogP contribution in [0.1, 0.15) is 36.0 Å². The van der Waals surface area contributed by atoms with Crippen LogP contribution in [0.2, 0.25) is 10.2 Å². The first-order valence-corrected chi connectivity index (χ1v) is 8.25. The van der Waals surface area contributed by atoms with Crippen LogP contribution < -0.4 is 0 Å². The second kappa shape index (κ2) is 6.51. The van der Waals surface area contributed by atoms with Crippen molar-refractivity contribution in [2.24, 2.45) is 0 Å². The minimum Gasteiger partial charge on any atom is -0.337 e. The van der Waals surface area contributed by atoms with Crippen LogP contribution in [0.25, 0.3) is 0 Å². The number of hydrogen-bond donors (Lipinski definition) is 0. The van der Waals surface area contributed by atoms with Gasteiger partial charge >= 0.3 is 0 Å². The van der Waals surface area contributed by atoms with E-state index in [9.17, 15) is 4.79 Å². The van der Waals surface area contributed by atoms with Gasteiger partial charge in [0.1, 0.15) is 5.15 Å². The van der Waals surface area contributed by atoms with Crippen molar-refractivity contribution >= 4 is 29.1 Å². The third-order valence-corrected chi connectivity index (χ3v) is 5.07. The van der Waals surface area contributed by atoms with E-state index in [0.717, 1.165) is 19.5 Å². The Bertz CT molecular complexity index is 532. The molecule has 0 N–H and O–H groups in total. The summed E-state index contributed by atoms with van der Waals surface area (Å²) >= 11 is 11.8. The number of carbonyl (C=O) groups excluding carboxylic acids is 1. The van der Waals surface area contributed by atoms with Gasteiger partial charge in [0.2, 0.25) is 0 Å². The average molecular weight is 328 g/mol. The fourth-order valence-electron chi connectivity index (χ4n) is 3.26. The van der Waals surface area contributed by atoms with Crippen molar-refractivity contribution in [1.29, 1.82) is 0 Å². The van der Waals surface area contributed by atoms with Gasteiger partial charge in [0.05, 0.1) is 10.6 Å². The maximum absolute atomic E-state index is 12.6. The first-order valence-electron chi connectivity index (χ1n) is 7.49. The molecule has 3 rings (SSSR count). The summed E-state index contributed by atoms with van der Waals surface area (Å²) in [5.41, 5.74) is 0.520. The number of piperidine rings is 1. The van der Waals surface area contributed by atoms with E-state index in [2.05, 4.69) is 9.88 Å². The van der Waals surface area contributed by atoms with E-state index in [1.54, 1.807) is 6.07 Å². The number of hydrogen-bond acceptors (Lipinski definition) is 3. The highest BCUT2D eigenvalue weighted by Gasteiger charge is 2.29. The van der Waals surface area contributed by atoms with Crippen LogP contribution >= 0.6 is 23.2 Å². The number of amides is 1. The topological polar surface area (TPSA) is 36.4 Å². The first-order chi connectivity index (χ1) is 10.1. The van der Waals surface area contributed by atoms with Gasteiger partial charge < -0.3 is 4.90 Å². The average Bonchev–Trinajstić information content (AvgIpc) is 3.04. The molecule has 4 nitrogen and oxygen atoms in total. The summed E-state index contributed by atoms with van der Waals surface area (Å²) in [6, 6.07) is 2.11. The Balaban J connectivity index is 1.70. The molecule has 1 aromatic heterocycles. The molecule has 21 heavy (non-hydrogen) atoms. The van der Waals surface area contributed by atoms with E-state index in [4.69, 9.17) is 23.2 Å². The lowest BCUT2D eigenvalue weighted by atomic mass is 10.0. The lowest BCUT2D eigenvalue weighted by Crippen LogP contribution is -2.49. The number of carbonyl (C=O) groups is 1. The minimum absolute atomic E-state index is 0.00460. The standard InChI is InChI=1S/C15H19Cl2N3O/c16-13-8-11(9-18-14(13)17)15(21)20-7-3-4-12(10-20)19-5-1-2-6-19/h8-9,12H,1-7,10H2. The van der Waals surface area contributed by atoms with Crippen LogP contribution in [0.15, 0.2) is 12.3 Å². The summed E-state index contributed by atoms with van der Waals surface area (Å²) in [5, 5.41) is 0.567. The van der Waals surface area contributed by atoms with Gasteiger partial charge in [-0.3, -0.25) is 9.69 Å². The van der Waals surface area contributed by atoms with E-state index in [1.807, 2.05) is 4.90 Å². The van der Waals surface area contributed by atoms with Crippen LogP contribution in [-0.2, 0) is 0 Å². The zero-order valence-electron chi connectivity index (χ0n) is 11.9. The monoisotopic (exact) mass is 327 g/mol. The summed E-state index contributed by atoms with van der Waals surface area (Å²) in [6.45, 7) is 3.95. The molecule has 2 saturated heterocycles. The number of pyridine rings is 1. The molecular formula is C15H19Cl2N3O. The van der Waals surface area contributed by atoms with Gasteiger partial charge in [-0.05, 0) is 44.8 Å². The Morgan fingerprint density at radius 2 is 1.95 bits per heavy atom. The van der Waals surface area contributed by atoms with Crippen molar-refractivity contribution in [3.8, 4) is 0 Å². The third kappa shape index (κ3) is 3.33. The van der Waals surface area contributed by atoms with Gasteiger partial charge in [-0.1, -0.05) is 23.2 Å². The highest BCUT2D eigenvalue weighted by molar-refractivity contribution is 6.41. The number of likely N-dealkylation sites (tertiary alicyclic amines) is 2. The van der Waals surface area contributed by atoms with Crippen LogP contribution in [0.3, 0.4) is 0 Å². The summed E-state index contributed by atoms with van der Waals surface area (Å²) in [6.07, 6.45) is 6.31. The summed E-state index contributed by atoms with van der Waals surface area (Å²) in [5.74, 6) is 0.00460. The molecule has 1 amide bonds. The SMILES string of the molecule is O=C(c1cnc(Cl)c(Cl)c1)N1CCCC(N2CCCC2)C1. The van der Waals surface area contributed by atoms with Crippen molar-refractivity contribution in [2.45, 2.75) is 31.7 Å². The Hall–Kier alpha value is -0.840. The van der Waals surface area contributed by atoms with E-state index in [1.165, 1.54) is 38.5 Å². The molecule has 1 aromatic rings. The number of halogens is 2. The van der Waals surface area contributed by atoms with Gasteiger partial charge in [-0.15, -0.1) is 0 Å². The fourth-order valence-corrected chi connectivity index (χ4v) is 3.53. The smallest absolute Gasteiger partial charge is 0.255 e. The zero-order chi connectivity index (χ0) is 14.8. The van der Waals surface area contributed by atoms with Gasteiger partial charge in [-0.2, -0.15) is 0 Å². The Morgan fingerprint density at radius 3 is 2.67 bits per heavy atom. The van der Waals surface area contributed by atoms with Crippen LogP contribution in [0.4, 0.5) is 0 Å². The van der Waals surface area contributed by atoms with Crippen LogP contribution in [-0.4, -0.2) is 52.9 Å². The molecule has 1 atom stereocenters. The second-order valence-electron chi connectivity index (χ2n) is 5.79. The largest absolute Gasteiger partial charge is 0.337 e. The first kappa shape index (κ1) is 15.1. The molecule has 2 fully saturated rings. The molecule has 0 aromatic carbocycles. The fraction of sp³-hybridized carbons (Fsp3) is 0.600. The molecular weight excluding hydrogens is 309 g/mol. The highest BCUT2D eigenvalue weighted by atomic mass is 35.5. The van der Waals surface area contributed by atoms with E-state index < -0.39 is 0 Å². The van der Waals surface area contributed by atoms with Crippen molar-refractivity contribution in [3.05, 3.63) is 28.0 Å². The molecule has 2 aliphatic heterocycles. The van der Waals surface area contributed by atoms with Crippen molar-refractivity contribution in [2.75, 3.05) is 26.2 Å². The van der Waals surface area contributed by atoms with Gasteiger partial charge in [0.25, 0.3) is 5.91 Å². The maximum atomic E-state index is 12.6. The maximum Gasteiger partial charge on any atom is 0.255 e. The van der Waals surface area contributed by atoms with Crippen LogP contribution in [0, 0.1) is 0 Å². The Labute approximate surface area is 135 Å². The minimum atomic E-state index is 0.00460. The van der Waals surface area contributed by atoms with E-state index >= 15 is 0 Å². The van der Waals surface area contributed by atoms with Gasteiger partial charge in [0.15, 0.2) is 0 Å².